The van der Waals surface area contributed by atoms with E-state index in [9.17, 15) is 0 Å². The molecule has 0 saturated carbocycles. The Hall–Kier alpha value is -0.470. The van der Waals surface area contributed by atoms with E-state index in [4.69, 9.17) is 5.73 Å². The van der Waals surface area contributed by atoms with Gasteiger partial charge < -0.3 is 5.73 Å². The fraction of sp³-hybridized carbons (Fsp3) is 0.600. The molecule has 2 N–H and O–H groups in total. The quantitative estimate of drug-likeness (QED) is 0.850. The van der Waals surface area contributed by atoms with Crippen molar-refractivity contribution in [1.29, 1.82) is 0 Å². The summed E-state index contributed by atoms with van der Waals surface area (Å²) in [6.07, 6.45) is 0. The van der Waals surface area contributed by atoms with Crippen LogP contribution in [-0.4, -0.2) is 10.5 Å². The van der Waals surface area contributed by atoms with E-state index in [0.717, 1.165) is 0 Å². The number of hydrogen-bond acceptors (Lipinski definition) is 2. The molecule has 1 aromatic carbocycles. The molecule has 17 heavy (non-hydrogen) atoms. The largest absolute Gasteiger partial charge is 0.323 e. The highest BCUT2D eigenvalue weighted by molar-refractivity contribution is 8.00. The second-order valence-electron chi connectivity index (χ2n) is 5.23. The minimum atomic E-state index is 0.127. The van der Waals surface area contributed by atoms with E-state index in [-0.39, 0.29) is 6.04 Å². The normalized spacial score (nSPS) is 16.9. The van der Waals surface area contributed by atoms with Crippen LogP contribution < -0.4 is 5.73 Å². The lowest BCUT2D eigenvalue weighted by atomic mass is 10.0. The minimum Gasteiger partial charge on any atom is -0.323 e. The lowest BCUT2D eigenvalue weighted by Gasteiger charge is -2.25. The molecule has 0 radical (unpaired) electrons. The highest BCUT2D eigenvalue weighted by Crippen LogP contribution is 2.30. The molecular formula is C15H25NS. The van der Waals surface area contributed by atoms with Crippen molar-refractivity contribution in [1.82, 2.24) is 0 Å². The van der Waals surface area contributed by atoms with E-state index >= 15 is 0 Å². The minimum absolute atomic E-state index is 0.127. The van der Waals surface area contributed by atoms with E-state index in [2.05, 4.69) is 58.9 Å². The summed E-state index contributed by atoms with van der Waals surface area (Å²) in [7, 11) is 0. The number of aryl methyl sites for hydroxylation is 1. The van der Waals surface area contributed by atoms with Gasteiger partial charge in [0.05, 0.1) is 0 Å². The van der Waals surface area contributed by atoms with Gasteiger partial charge in [0.1, 0.15) is 0 Å². The predicted molar refractivity (Wildman–Crippen MR) is 79.5 cm³/mol. The fourth-order valence-corrected chi connectivity index (χ4v) is 2.96. The third kappa shape index (κ3) is 4.36. The van der Waals surface area contributed by atoms with Crippen LogP contribution in [-0.2, 0) is 0 Å². The molecule has 0 aliphatic carbocycles. The molecule has 1 rings (SSSR count). The number of hydrogen-bond donors (Lipinski definition) is 1. The first-order valence-corrected chi connectivity index (χ1v) is 7.33. The molecule has 0 bridgehead atoms. The Bertz CT molecular complexity index is 331. The monoisotopic (exact) mass is 251 g/mol. The van der Waals surface area contributed by atoms with Crippen LogP contribution in [0.5, 0.6) is 0 Å². The summed E-state index contributed by atoms with van der Waals surface area (Å²) < 4.78 is 0. The van der Waals surface area contributed by atoms with Crippen molar-refractivity contribution >= 4 is 11.8 Å². The average Bonchev–Trinajstić information content (AvgIpc) is 2.28. The van der Waals surface area contributed by atoms with Crippen molar-refractivity contribution in [2.75, 3.05) is 0 Å². The second-order valence-corrected chi connectivity index (χ2v) is 6.99. The Morgan fingerprint density at radius 1 is 0.941 bits per heavy atom. The van der Waals surface area contributed by atoms with Gasteiger partial charge in [-0.2, -0.15) is 11.8 Å². The molecule has 2 heteroatoms. The van der Waals surface area contributed by atoms with Gasteiger partial charge in [-0.05, 0) is 18.4 Å². The molecule has 96 valence electrons. The molecule has 1 aromatic rings. The highest BCUT2D eigenvalue weighted by atomic mass is 32.2. The molecule has 0 aromatic heterocycles. The van der Waals surface area contributed by atoms with Crippen LogP contribution in [0.4, 0.5) is 0 Å². The van der Waals surface area contributed by atoms with Gasteiger partial charge in [-0.3, -0.25) is 0 Å². The summed E-state index contributed by atoms with van der Waals surface area (Å²) in [4.78, 5) is 0. The summed E-state index contributed by atoms with van der Waals surface area (Å²) in [5, 5.41) is 1.11. The Labute approximate surface area is 110 Å². The summed E-state index contributed by atoms with van der Waals surface area (Å²) in [6.45, 7) is 11.2. The van der Waals surface area contributed by atoms with E-state index in [1.807, 2.05) is 11.8 Å². The zero-order valence-corrected chi connectivity index (χ0v) is 12.4. The third-order valence-corrected chi connectivity index (χ3v) is 5.03. The Balaban J connectivity index is 2.63. The van der Waals surface area contributed by atoms with Crippen LogP contribution in [0.2, 0.25) is 0 Å². The standard InChI is InChI=1S/C15H25NS/c1-10(2)12(4)17-13(5)15(16)14-8-6-11(3)7-9-14/h6-10,12-13,15H,16H2,1-5H3. The molecule has 0 aliphatic rings. The zero-order valence-electron chi connectivity index (χ0n) is 11.6. The van der Waals surface area contributed by atoms with Gasteiger partial charge in [0.25, 0.3) is 0 Å². The first-order chi connectivity index (χ1) is 7.91. The number of rotatable bonds is 5. The van der Waals surface area contributed by atoms with Crippen molar-refractivity contribution in [3.05, 3.63) is 35.4 Å². The molecular weight excluding hydrogens is 226 g/mol. The maximum absolute atomic E-state index is 6.32. The van der Waals surface area contributed by atoms with E-state index < -0.39 is 0 Å². The van der Waals surface area contributed by atoms with Crippen LogP contribution in [0.1, 0.15) is 44.9 Å². The van der Waals surface area contributed by atoms with Crippen LogP contribution in [0, 0.1) is 12.8 Å². The maximum Gasteiger partial charge on any atom is 0.0412 e. The molecule has 0 amide bonds. The molecule has 0 spiro atoms. The van der Waals surface area contributed by atoms with Crippen LogP contribution in [0.15, 0.2) is 24.3 Å². The van der Waals surface area contributed by atoms with E-state index in [0.29, 0.717) is 16.4 Å². The lowest BCUT2D eigenvalue weighted by molar-refractivity contribution is 0.631. The molecule has 0 fully saturated rings. The fourth-order valence-electron chi connectivity index (χ4n) is 1.64. The van der Waals surface area contributed by atoms with Gasteiger partial charge in [0.2, 0.25) is 0 Å². The number of thioether (sulfide) groups is 1. The summed E-state index contributed by atoms with van der Waals surface area (Å²) >= 11 is 1.99. The average molecular weight is 251 g/mol. The Morgan fingerprint density at radius 2 is 1.47 bits per heavy atom. The van der Waals surface area contributed by atoms with Gasteiger partial charge in [-0.15, -0.1) is 0 Å². The first kappa shape index (κ1) is 14.6. The maximum atomic E-state index is 6.32. The van der Waals surface area contributed by atoms with Gasteiger partial charge in [0.15, 0.2) is 0 Å². The highest BCUT2D eigenvalue weighted by Gasteiger charge is 2.19. The molecule has 0 saturated heterocycles. The number of benzene rings is 1. The Morgan fingerprint density at radius 3 is 1.94 bits per heavy atom. The summed E-state index contributed by atoms with van der Waals surface area (Å²) in [5.41, 5.74) is 8.85. The van der Waals surface area contributed by atoms with Gasteiger partial charge in [-0.25, -0.2) is 0 Å². The first-order valence-electron chi connectivity index (χ1n) is 6.39. The lowest BCUT2D eigenvalue weighted by Crippen LogP contribution is -2.24. The molecule has 3 atom stereocenters. The van der Waals surface area contributed by atoms with Crippen molar-refractivity contribution < 1.29 is 0 Å². The second kappa shape index (κ2) is 6.46. The predicted octanol–water partition coefficient (Wildman–Crippen LogP) is 4.16. The van der Waals surface area contributed by atoms with Crippen molar-refractivity contribution in [3.8, 4) is 0 Å². The SMILES string of the molecule is Cc1ccc(C(N)C(C)SC(C)C(C)C)cc1. The summed E-state index contributed by atoms with van der Waals surface area (Å²) in [6, 6.07) is 8.70. The molecule has 1 nitrogen and oxygen atoms in total. The molecule has 0 aliphatic heterocycles. The zero-order chi connectivity index (χ0) is 13.0. The number of nitrogens with two attached hydrogens (primary N) is 1. The van der Waals surface area contributed by atoms with Crippen molar-refractivity contribution in [2.45, 2.75) is 51.2 Å². The van der Waals surface area contributed by atoms with Gasteiger partial charge >= 0.3 is 0 Å². The van der Waals surface area contributed by atoms with E-state index in [1.165, 1.54) is 11.1 Å². The van der Waals surface area contributed by atoms with Gasteiger partial charge in [-0.1, -0.05) is 57.5 Å². The topological polar surface area (TPSA) is 26.0 Å². The molecule has 0 heterocycles. The third-order valence-electron chi connectivity index (χ3n) is 3.34. The smallest absolute Gasteiger partial charge is 0.0412 e. The van der Waals surface area contributed by atoms with Crippen molar-refractivity contribution in [3.63, 3.8) is 0 Å². The van der Waals surface area contributed by atoms with Crippen LogP contribution in [0.25, 0.3) is 0 Å². The van der Waals surface area contributed by atoms with Crippen LogP contribution in [0.3, 0.4) is 0 Å². The molecule has 3 unspecified atom stereocenters. The van der Waals surface area contributed by atoms with Crippen LogP contribution >= 0.6 is 11.8 Å². The summed E-state index contributed by atoms with van der Waals surface area (Å²) in [5.74, 6) is 0.702. The van der Waals surface area contributed by atoms with E-state index in [1.54, 1.807) is 0 Å². The Kier molecular flexibility index (Phi) is 5.54. The van der Waals surface area contributed by atoms with Gasteiger partial charge in [0, 0.05) is 16.5 Å². The van der Waals surface area contributed by atoms with Crippen molar-refractivity contribution in [2.24, 2.45) is 11.7 Å².